The van der Waals surface area contributed by atoms with Crippen LogP contribution in [-0.2, 0) is 0 Å². The highest BCUT2D eigenvalue weighted by atomic mass is 16.3. The van der Waals surface area contributed by atoms with E-state index in [-0.39, 0.29) is 0 Å². The Kier molecular flexibility index (Phi) is 1.34. The summed E-state index contributed by atoms with van der Waals surface area (Å²) in [5.74, 6) is 1.32. The number of para-hydroxylation sites is 2. The lowest BCUT2D eigenvalue weighted by Crippen LogP contribution is -2.28. The van der Waals surface area contributed by atoms with Crippen LogP contribution in [0.3, 0.4) is 0 Å². The number of hydrogen-bond donors (Lipinski definition) is 1. The van der Waals surface area contributed by atoms with Crippen molar-refractivity contribution >= 4 is 5.69 Å². The van der Waals surface area contributed by atoms with Crippen LogP contribution >= 0.6 is 0 Å². The van der Waals surface area contributed by atoms with Gasteiger partial charge in [-0.3, -0.25) is 0 Å². The fraction of sp³-hybridized carbons (Fsp3) is 0.455. The average Bonchev–Trinajstić information content (AvgIpc) is 2.61. The minimum atomic E-state index is 0.426. The van der Waals surface area contributed by atoms with Gasteiger partial charge in [0.15, 0.2) is 0 Å². The maximum absolute atomic E-state index is 9.67. The first-order valence-corrected chi connectivity index (χ1v) is 4.89. The molecule has 0 aromatic heterocycles. The van der Waals surface area contributed by atoms with Crippen LogP contribution in [0.2, 0.25) is 0 Å². The van der Waals surface area contributed by atoms with Crippen LogP contribution in [0.5, 0.6) is 5.75 Å². The Labute approximate surface area is 77.8 Å². The standard InChI is InChI=1S/C11H13NO/c13-11-4-2-1-3-10(11)12-7-8-5-9(12)6-8/h1-4,8-9,13H,5-7H2. The molecule has 1 N–H and O–H groups in total. The van der Waals surface area contributed by atoms with Gasteiger partial charge in [-0.2, -0.15) is 0 Å². The second kappa shape index (κ2) is 2.41. The largest absolute Gasteiger partial charge is 0.506 e. The number of phenols is 1. The van der Waals surface area contributed by atoms with Gasteiger partial charge in [0.25, 0.3) is 0 Å². The molecule has 2 heterocycles. The molecule has 1 aromatic carbocycles. The molecule has 68 valence electrons. The number of phenolic OH excluding ortho intramolecular Hbond substituents is 1. The molecule has 0 amide bonds. The van der Waals surface area contributed by atoms with Gasteiger partial charge in [0, 0.05) is 12.6 Å². The predicted molar refractivity (Wildman–Crippen MR) is 52.0 cm³/mol. The summed E-state index contributed by atoms with van der Waals surface area (Å²) >= 11 is 0. The number of benzene rings is 1. The molecule has 1 aliphatic carbocycles. The van der Waals surface area contributed by atoms with Crippen molar-refractivity contribution < 1.29 is 5.11 Å². The first-order valence-electron chi connectivity index (χ1n) is 4.89. The summed E-state index contributed by atoms with van der Waals surface area (Å²) in [4.78, 5) is 2.35. The van der Waals surface area contributed by atoms with Crippen molar-refractivity contribution in [1.82, 2.24) is 0 Å². The van der Waals surface area contributed by atoms with Crippen molar-refractivity contribution in [2.75, 3.05) is 11.4 Å². The second-order valence-corrected chi connectivity index (χ2v) is 4.13. The van der Waals surface area contributed by atoms with E-state index in [1.807, 2.05) is 18.2 Å². The summed E-state index contributed by atoms with van der Waals surface area (Å²) in [6.07, 6.45) is 2.66. The minimum Gasteiger partial charge on any atom is -0.506 e. The van der Waals surface area contributed by atoms with Gasteiger partial charge < -0.3 is 10.0 Å². The number of fused-ring (bicyclic) bond motifs is 1. The van der Waals surface area contributed by atoms with Crippen molar-refractivity contribution in [1.29, 1.82) is 0 Å². The number of anilines is 1. The number of aromatic hydroxyl groups is 1. The molecule has 0 spiro atoms. The molecule has 13 heavy (non-hydrogen) atoms. The third-order valence-electron chi connectivity index (χ3n) is 3.30. The van der Waals surface area contributed by atoms with Crippen LogP contribution in [0.15, 0.2) is 24.3 Å². The smallest absolute Gasteiger partial charge is 0.138 e. The Balaban J connectivity index is 1.96. The van der Waals surface area contributed by atoms with E-state index < -0.39 is 0 Å². The van der Waals surface area contributed by atoms with Gasteiger partial charge in [-0.05, 0) is 30.9 Å². The zero-order valence-corrected chi connectivity index (χ0v) is 7.48. The lowest BCUT2D eigenvalue weighted by molar-refractivity contribution is 0.380. The maximum atomic E-state index is 9.67. The quantitative estimate of drug-likeness (QED) is 0.705. The summed E-state index contributed by atoms with van der Waals surface area (Å²) < 4.78 is 0. The molecular formula is C11H13NO. The van der Waals surface area contributed by atoms with Crippen LogP contribution in [-0.4, -0.2) is 17.7 Å². The van der Waals surface area contributed by atoms with Crippen LogP contribution in [0.4, 0.5) is 5.69 Å². The van der Waals surface area contributed by atoms with Gasteiger partial charge in [-0.15, -0.1) is 0 Å². The number of rotatable bonds is 1. The summed E-state index contributed by atoms with van der Waals surface area (Å²) in [5, 5.41) is 9.67. The fourth-order valence-corrected chi connectivity index (χ4v) is 2.53. The lowest BCUT2D eigenvalue weighted by atomic mass is 9.86. The van der Waals surface area contributed by atoms with Crippen molar-refractivity contribution in [3.8, 4) is 5.75 Å². The topological polar surface area (TPSA) is 23.5 Å². The fourth-order valence-electron chi connectivity index (χ4n) is 2.53. The van der Waals surface area contributed by atoms with Crippen LogP contribution < -0.4 is 4.90 Å². The van der Waals surface area contributed by atoms with Crippen molar-refractivity contribution in [2.24, 2.45) is 5.92 Å². The van der Waals surface area contributed by atoms with E-state index in [2.05, 4.69) is 4.90 Å². The monoisotopic (exact) mass is 175 g/mol. The number of nitrogens with zero attached hydrogens (tertiary/aromatic N) is 1. The van der Waals surface area contributed by atoms with Gasteiger partial charge in [0.05, 0.1) is 5.69 Å². The van der Waals surface area contributed by atoms with Crippen molar-refractivity contribution in [2.45, 2.75) is 18.9 Å². The zero-order valence-electron chi connectivity index (χ0n) is 7.48. The van der Waals surface area contributed by atoms with E-state index in [4.69, 9.17) is 0 Å². The van der Waals surface area contributed by atoms with Crippen LogP contribution in [0.25, 0.3) is 0 Å². The van der Waals surface area contributed by atoms with Gasteiger partial charge in [-0.1, -0.05) is 12.1 Å². The Morgan fingerprint density at radius 3 is 2.62 bits per heavy atom. The normalized spacial score (nSPS) is 30.3. The van der Waals surface area contributed by atoms with Crippen LogP contribution in [0, 0.1) is 5.92 Å². The minimum absolute atomic E-state index is 0.426. The summed E-state index contributed by atoms with van der Waals surface area (Å²) in [6, 6.07) is 8.35. The van der Waals surface area contributed by atoms with Crippen molar-refractivity contribution in [3.63, 3.8) is 0 Å². The highest BCUT2D eigenvalue weighted by Gasteiger charge is 2.43. The van der Waals surface area contributed by atoms with E-state index in [0.717, 1.165) is 18.2 Å². The maximum Gasteiger partial charge on any atom is 0.138 e. The summed E-state index contributed by atoms with van der Waals surface area (Å²) in [5.41, 5.74) is 1.02. The SMILES string of the molecule is Oc1ccccc1N1CC2CC1C2. The van der Waals surface area contributed by atoms with Gasteiger partial charge in [0.1, 0.15) is 5.75 Å². The summed E-state index contributed by atoms with van der Waals surface area (Å²) in [7, 11) is 0. The molecule has 2 nitrogen and oxygen atoms in total. The van der Waals surface area contributed by atoms with Gasteiger partial charge in [-0.25, -0.2) is 0 Å². The zero-order chi connectivity index (χ0) is 8.84. The van der Waals surface area contributed by atoms with Gasteiger partial charge in [0.2, 0.25) is 0 Å². The highest BCUT2D eigenvalue weighted by molar-refractivity contribution is 5.60. The predicted octanol–water partition coefficient (Wildman–Crippen LogP) is 1.99. The molecule has 0 radical (unpaired) electrons. The molecule has 0 atom stereocenters. The molecule has 1 saturated carbocycles. The number of hydrogen-bond acceptors (Lipinski definition) is 2. The average molecular weight is 175 g/mol. The van der Waals surface area contributed by atoms with E-state index >= 15 is 0 Å². The van der Waals surface area contributed by atoms with E-state index in [9.17, 15) is 5.11 Å². The molecule has 0 unspecified atom stereocenters. The van der Waals surface area contributed by atoms with Crippen LogP contribution in [0.1, 0.15) is 12.8 Å². The Hall–Kier alpha value is -1.18. The van der Waals surface area contributed by atoms with Crippen molar-refractivity contribution in [3.05, 3.63) is 24.3 Å². The third kappa shape index (κ3) is 0.947. The van der Waals surface area contributed by atoms with E-state index in [1.54, 1.807) is 6.07 Å². The van der Waals surface area contributed by atoms with E-state index in [0.29, 0.717) is 11.8 Å². The van der Waals surface area contributed by atoms with E-state index in [1.165, 1.54) is 12.8 Å². The first-order chi connectivity index (χ1) is 6.34. The molecular weight excluding hydrogens is 162 g/mol. The molecule has 3 fully saturated rings. The van der Waals surface area contributed by atoms with Gasteiger partial charge >= 0.3 is 0 Å². The molecule has 2 heteroatoms. The molecule has 2 aliphatic heterocycles. The Bertz CT molecular complexity index is 331. The first kappa shape index (κ1) is 7.25. The molecule has 1 aromatic rings. The molecule has 2 bridgehead atoms. The summed E-state index contributed by atoms with van der Waals surface area (Å²) in [6.45, 7) is 1.14. The molecule has 4 rings (SSSR count). The lowest BCUT2D eigenvalue weighted by Gasteiger charge is -2.27. The Morgan fingerprint density at radius 1 is 1.23 bits per heavy atom. The molecule has 2 saturated heterocycles. The third-order valence-corrected chi connectivity index (χ3v) is 3.30. The second-order valence-electron chi connectivity index (χ2n) is 4.13. The Morgan fingerprint density at radius 2 is 2.00 bits per heavy atom. The highest BCUT2D eigenvalue weighted by Crippen LogP contribution is 2.45. The molecule has 3 aliphatic rings.